The summed E-state index contributed by atoms with van der Waals surface area (Å²) in [5.74, 6) is 1.70. The van der Waals surface area contributed by atoms with Crippen molar-refractivity contribution in [2.75, 3.05) is 5.32 Å². The normalized spacial score (nSPS) is 20.5. The SMILES string of the molecule is Cc1nc(NC(=O)C2Oc3ccccc3OC2C)n[nH]1. The summed E-state index contributed by atoms with van der Waals surface area (Å²) in [4.78, 5) is 16.2. The summed E-state index contributed by atoms with van der Waals surface area (Å²) >= 11 is 0. The number of anilines is 1. The molecule has 1 aliphatic heterocycles. The molecule has 7 nitrogen and oxygen atoms in total. The Hall–Kier alpha value is -2.57. The molecule has 1 aromatic heterocycles. The molecule has 1 aliphatic rings. The van der Waals surface area contributed by atoms with Crippen LogP contribution in [0.15, 0.2) is 24.3 Å². The Labute approximate surface area is 115 Å². The van der Waals surface area contributed by atoms with Gasteiger partial charge < -0.3 is 9.47 Å². The molecular formula is C13H14N4O3. The molecule has 1 amide bonds. The zero-order chi connectivity index (χ0) is 14.1. The number of aromatic nitrogens is 3. The van der Waals surface area contributed by atoms with Crippen molar-refractivity contribution in [3.8, 4) is 11.5 Å². The third kappa shape index (κ3) is 2.29. The number of rotatable bonds is 2. The van der Waals surface area contributed by atoms with Crippen molar-refractivity contribution in [3.05, 3.63) is 30.1 Å². The molecular weight excluding hydrogens is 260 g/mol. The van der Waals surface area contributed by atoms with Crippen LogP contribution in [0, 0.1) is 6.92 Å². The predicted molar refractivity (Wildman–Crippen MR) is 70.7 cm³/mol. The molecule has 0 bridgehead atoms. The van der Waals surface area contributed by atoms with E-state index in [1.165, 1.54) is 0 Å². The van der Waals surface area contributed by atoms with Crippen LogP contribution in [0.4, 0.5) is 5.95 Å². The summed E-state index contributed by atoms with van der Waals surface area (Å²) in [5.41, 5.74) is 0. The number of aryl methyl sites for hydroxylation is 1. The number of nitrogens with zero attached hydrogens (tertiary/aromatic N) is 2. The number of carbonyl (C=O) groups is 1. The van der Waals surface area contributed by atoms with Gasteiger partial charge in [-0.15, -0.1) is 5.10 Å². The number of aromatic amines is 1. The van der Waals surface area contributed by atoms with E-state index in [1.54, 1.807) is 26.0 Å². The van der Waals surface area contributed by atoms with Gasteiger partial charge >= 0.3 is 0 Å². The highest BCUT2D eigenvalue weighted by molar-refractivity contribution is 5.93. The van der Waals surface area contributed by atoms with Crippen LogP contribution >= 0.6 is 0 Å². The lowest BCUT2D eigenvalue weighted by molar-refractivity contribution is -0.128. The number of carbonyl (C=O) groups excluding carboxylic acids is 1. The molecule has 20 heavy (non-hydrogen) atoms. The van der Waals surface area contributed by atoms with Crippen LogP contribution < -0.4 is 14.8 Å². The second-order valence-electron chi connectivity index (χ2n) is 4.54. The van der Waals surface area contributed by atoms with Crippen LogP contribution in [-0.2, 0) is 4.79 Å². The zero-order valence-corrected chi connectivity index (χ0v) is 11.1. The molecule has 0 saturated carbocycles. The summed E-state index contributed by atoms with van der Waals surface area (Å²) < 4.78 is 11.4. The number of H-pyrrole nitrogens is 1. The third-order valence-corrected chi connectivity index (χ3v) is 2.93. The number of fused-ring (bicyclic) bond motifs is 1. The summed E-state index contributed by atoms with van der Waals surface area (Å²) in [6.45, 7) is 3.53. The molecule has 2 heterocycles. The summed E-state index contributed by atoms with van der Waals surface area (Å²) in [7, 11) is 0. The second kappa shape index (κ2) is 4.84. The first kappa shape index (κ1) is 12.5. The Morgan fingerprint density at radius 3 is 2.65 bits per heavy atom. The number of ether oxygens (including phenoxy) is 2. The van der Waals surface area contributed by atoms with Gasteiger partial charge in [-0.25, -0.2) is 0 Å². The van der Waals surface area contributed by atoms with Crippen LogP contribution in [0.3, 0.4) is 0 Å². The first-order valence-corrected chi connectivity index (χ1v) is 6.25. The van der Waals surface area contributed by atoms with Gasteiger partial charge in [-0.05, 0) is 26.0 Å². The van der Waals surface area contributed by atoms with Crippen LogP contribution in [0.25, 0.3) is 0 Å². The van der Waals surface area contributed by atoms with Crippen LogP contribution in [0.1, 0.15) is 12.7 Å². The fourth-order valence-corrected chi connectivity index (χ4v) is 1.99. The third-order valence-electron chi connectivity index (χ3n) is 2.93. The molecule has 104 valence electrons. The largest absolute Gasteiger partial charge is 0.482 e. The maximum Gasteiger partial charge on any atom is 0.271 e. The highest BCUT2D eigenvalue weighted by Gasteiger charge is 2.34. The van der Waals surface area contributed by atoms with Crippen molar-refractivity contribution in [3.63, 3.8) is 0 Å². The van der Waals surface area contributed by atoms with E-state index < -0.39 is 12.2 Å². The Bertz CT molecular complexity index is 640. The first-order chi connectivity index (χ1) is 9.63. The first-order valence-electron chi connectivity index (χ1n) is 6.25. The average Bonchev–Trinajstić information content (AvgIpc) is 2.83. The van der Waals surface area contributed by atoms with Crippen LogP contribution in [-0.4, -0.2) is 33.3 Å². The van der Waals surface area contributed by atoms with Gasteiger partial charge in [-0.3, -0.25) is 15.2 Å². The zero-order valence-electron chi connectivity index (χ0n) is 11.1. The van der Waals surface area contributed by atoms with E-state index in [1.807, 2.05) is 12.1 Å². The summed E-state index contributed by atoms with van der Waals surface area (Å²) in [6, 6.07) is 7.24. The monoisotopic (exact) mass is 274 g/mol. The smallest absolute Gasteiger partial charge is 0.271 e. The van der Waals surface area contributed by atoms with E-state index in [2.05, 4.69) is 20.5 Å². The molecule has 0 fully saturated rings. The molecule has 2 N–H and O–H groups in total. The number of hydrogen-bond acceptors (Lipinski definition) is 5. The fourth-order valence-electron chi connectivity index (χ4n) is 1.99. The highest BCUT2D eigenvalue weighted by atomic mass is 16.6. The Balaban J connectivity index is 1.75. The van der Waals surface area contributed by atoms with Gasteiger partial charge in [0.2, 0.25) is 12.1 Å². The van der Waals surface area contributed by atoms with E-state index in [9.17, 15) is 4.79 Å². The number of para-hydroxylation sites is 2. The van der Waals surface area contributed by atoms with Crippen molar-refractivity contribution >= 4 is 11.9 Å². The molecule has 0 spiro atoms. The minimum absolute atomic E-state index is 0.224. The van der Waals surface area contributed by atoms with E-state index in [-0.39, 0.29) is 11.9 Å². The molecule has 2 atom stereocenters. The van der Waals surface area contributed by atoms with Gasteiger partial charge in [0.15, 0.2) is 11.5 Å². The second-order valence-corrected chi connectivity index (χ2v) is 4.54. The average molecular weight is 274 g/mol. The van der Waals surface area contributed by atoms with E-state index in [0.29, 0.717) is 17.3 Å². The lowest BCUT2D eigenvalue weighted by Gasteiger charge is -2.30. The number of hydrogen-bond donors (Lipinski definition) is 2. The van der Waals surface area contributed by atoms with Gasteiger partial charge in [0, 0.05) is 0 Å². The van der Waals surface area contributed by atoms with Gasteiger partial charge in [0.05, 0.1) is 0 Å². The van der Waals surface area contributed by atoms with Crippen molar-refractivity contribution in [1.29, 1.82) is 0 Å². The molecule has 7 heteroatoms. The lowest BCUT2D eigenvalue weighted by Crippen LogP contribution is -2.46. The summed E-state index contributed by atoms with van der Waals surface area (Å²) in [6.07, 6.45) is -1.14. The van der Waals surface area contributed by atoms with Gasteiger partial charge in [0.25, 0.3) is 5.91 Å². The molecule has 1 aromatic carbocycles. The minimum Gasteiger partial charge on any atom is -0.482 e. The van der Waals surface area contributed by atoms with E-state index in [4.69, 9.17) is 9.47 Å². The molecule has 0 saturated heterocycles. The fraction of sp³-hybridized carbons (Fsp3) is 0.308. The van der Waals surface area contributed by atoms with Gasteiger partial charge in [-0.1, -0.05) is 12.1 Å². The van der Waals surface area contributed by atoms with E-state index in [0.717, 1.165) is 0 Å². The van der Waals surface area contributed by atoms with Crippen molar-refractivity contribution in [2.24, 2.45) is 0 Å². The molecule has 0 aliphatic carbocycles. The van der Waals surface area contributed by atoms with Gasteiger partial charge in [-0.2, -0.15) is 4.98 Å². The molecule has 0 radical (unpaired) electrons. The lowest BCUT2D eigenvalue weighted by atomic mass is 10.1. The Morgan fingerprint density at radius 2 is 2.00 bits per heavy atom. The highest BCUT2D eigenvalue weighted by Crippen LogP contribution is 2.33. The molecule has 2 aromatic rings. The summed E-state index contributed by atoms with van der Waals surface area (Å²) in [5, 5.41) is 9.11. The quantitative estimate of drug-likeness (QED) is 0.861. The van der Waals surface area contributed by atoms with E-state index >= 15 is 0 Å². The van der Waals surface area contributed by atoms with Crippen molar-refractivity contribution < 1.29 is 14.3 Å². The topological polar surface area (TPSA) is 89.1 Å². The van der Waals surface area contributed by atoms with Crippen molar-refractivity contribution in [1.82, 2.24) is 15.2 Å². The van der Waals surface area contributed by atoms with Crippen LogP contribution in [0.5, 0.6) is 11.5 Å². The van der Waals surface area contributed by atoms with Crippen molar-refractivity contribution in [2.45, 2.75) is 26.1 Å². The minimum atomic E-state index is -0.747. The maximum absolute atomic E-state index is 12.2. The number of benzene rings is 1. The number of nitrogens with one attached hydrogen (secondary N) is 2. The predicted octanol–water partition coefficient (Wildman–Crippen LogP) is 1.28. The number of amides is 1. The standard InChI is InChI=1S/C13H14N4O3/c1-7-11(12(18)15-13-14-8(2)16-17-13)20-10-6-4-3-5-9(10)19-7/h3-7,11H,1-2H3,(H2,14,15,16,17,18). The van der Waals surface area contributed by atoms with Crippen LogP contribution in [0.2, 0.25) is 0 Å². The Morgan fingerprint density at radius 1 is 1.30 bits per heavy atom. The molecule has 2 unspecified atom stereocenters. The molecule has 3 rings (SSSR count). The van der Waals surface area contributed by atoms with Gasteiger partial charge in [0.1, 0.15) is 11.9 Å². The maximum atomic E-state index is 12.2. The Kier molecular flexibility index (Phi) is 3.02.